The number of sulfonamides is 1. The van der Waals surface area contributed by atoms with Gasteiger partial charge in [-0.05, 0) is 55.5 Å². The van der Waals surface area contributed by atoms with Gasteiger partial charge in [-0.1, -0.05) is 5.92 Å². The summed E-state index contributed by atoms with van der Waals surface area (Å²) in [6.07, 6.45) is 5.10. The van der Waals surface area contributed by atoms with Crippen LogP contribution in [-0.4, -0.2) is 21.6 Å². The zero-order valence-corrected chi connectivity index (χ0v) is 13.5. The van der Waals surface area contributed by atoms with Gasteiger partial charge in [0.05, 0.1) is 11.5 Å². The molecular formula is C17H17NO4S. The first-order valence-corrected chi connectivity index (χ1v) is 8.45. The molecule has 2 aromatic rings. The standard InChI is InChI=1S/C17H17NO4S/c1-3-13-22-16-9-11-17(12-10-16)23(19,20)18-14-5-7-15(8-6-14)21-4-2/h1,5-12,18H,4,13H2,2H3. The van der Waals surface area contributed by atoms with E-state index in [1.807, 2.05) is 6.92 Å². The van der Waals surface area contributed by atoms with Gasteiger partial charge in [-0.2, -0.15) is 0 Å². The number of ether oxygens (including phenoxy) is 2. The van der Waals surface area contributed by atoms with Crippen LogP contribution in [0.25, 0.3) is 0 Å². The summed E-state index contributed by atoms with van der Waals surface area (Å²) in [5.74, 6) is 3.55. The molecular weight excluding hydrogens is 314 g/mol. The largest absolute Gasteiger partial charge is 0.494 e. The molecule has 2 rings (SSSR count). The summed E-state index contributed by atoms with van der Waals surface area (Å²) >= 11 is 0. The number of benzene rings is 2. The molecule has 0 radical (unpaired) electrons. The molecule has 5 nitrogen and oxygen atoms in total. The van der Waals surface area contributed by atoms with Gasteiger partial charge in [0.25, 0.3) is 10.0 Å². The number of nitrogens with one attached hydrogen (secondary N) is 1. The van der Waals surface area contributed by atoms with Crippen molar-refractivity contribution in [2.45, 2.75) is 11.8 Å². The topological polar surface area (TPSA) is 64.6 Å². The molecule has 0 aliphatic heterocycles. The van der Waals surface area contributed by atoms with E-state index in [1.54, 1.807) is 36.4 Å². The molecule has 23 heavy (non-hydrogen) atoms. The Balaban J connectivity index is 2.10. The Bertz CT molecular complexity index is 775. The molecule has 0 bridgehead atoms. The van der Waals surface area contributed by atoms with Gasteiger partial charge in [-0.3, -0.25) is 4.72 Å². The summed E-state index contributed by atoms with van der Waals surface area (Å²) in [5.41, 5.74) is 0.459. The lowest BCUT2D eigenvalue weighted by atomic mass is 10.3. The summed E-state index contributed by atoms with van der Waals surface area (Å²) in [4.78, 5) is 0.138. The van der Waals surface area contributed by atoms with Crippen molar-refractivity contribution in [2.24, 2.45) is 0 Å². The first-order valence-electron chi connectivity index (χ1n) is 6.97. The van der Waals surface area contributed by atoms with Crippen LogP contribution in [0.5, 0.6) is 11.5 Å². The third kappa shape index (κ3) is 4.66. The minimum atomic E-state index is -3.66. The number of hydrogen-bond donors (Lipinski definition) is 1. The van der Waals surface area contributed by atoms with E-state index in [4.69, 9.17) is 15.9 Å². The molecule has 0 aliphatic carbocycles. The Labute approximate surface area is 136 Å². The van der Waals surface area contributed by atoms with Crippen LogP contribution in [0.1, 0.15) is 6.92 Å². The van der Waals surface area contributed by atoms with Gasteiger partial charge in [-0.15, -0.1) is 6.42 Å². The second-order valence-corrected chi connectivity index (χ2v) is 6.21. The highest BCUT2D eigenvalue weighted by Crippen LogP contribution is 2.21. The van der Waals surface area contributed by atoms with Crippen molar-refractivity contribution < 1.29 is 17.9 Å². The van der Waals surface area contributed by atoms with Gasteiger partial charge in [0.15, 0.2) is 0 Å². The van der Waals surface area contributed by atoms with Gasteiger partial charge >= 0.3 is 0 Å². The zero-order valence-electron chi connectivity index (χ0n) is 12.7. The lowest BCUT2D eigenvalue weighted by Gasteiger charge is -2.10. The van der Waals surface area contributed by atoms with Crippen LogP contribution in [0.2, 0.25) is 0 Å². The molecule has 0 atom stereocenters. The maximum Gasteiger partial charge on any atom is 0.261 e. The van der Waals surface area contributed by atoms with E-state index in [0.29, 0.717) is 23.8 Å². The first-order chi connectivity index (χ1) is 11.0. The fourth-order valence-corrected chi connectivity index (χ4v) is 2.90. The van der Waals surface area contributed by atoms with Crippen LogP contribution in [0.4, 0.5) is 5.69 Å². The lowest BCUT2D eigenvalue weighted by molar-refractivity contribution is 0.340. The molecule has 0 fully saturated rings. The molecule has 0 heterocycles. The number of rotatable bonds is 7. The van der Waals surface area contributed by atoms with Gasteiger partial charge < -0.3 is 9.47 Å². The van der Waals surface area contributed by atoms with Gasteiger partial charge in [0.2, 0.25) is 0 Å². The Morgan fingerprint density at radius 3 is 2.13 bits per heavy atom. The summed E-state index contributed by atoms with van der Waals surface area (Å²) in [6, 6.07) is 12.7. The average Bonchev–Trinajstić information content (AvgIpc) is 2.55. The molecule has 0 unspecified atom stereocenters. The van der Waals surface area contributed by atoms with Crippen molar-refractivity contribution in [1.29, 1.82) is 0 Å². The third-order valence-corrected chi connectivity index (χ3v) is 4.27. The van der Waals surface area contributed by atoms with Crippen LogP contribution < -0.4 is 14.2 Å². The van der Waals surface area contributed by atoms with Crippen LogP contribution in [-0.2, 0) is 10.0 Å². The summed E-state index contributed by atoms with van der Waals surface area (Å²) in [6.45, 7) is 2.57. The fraction of sp³-hybridized carbons (Fsp3) is 0.176. The Morgan fingerprint density at radius 2 is 1.57 bits per heavy atom. The molecule has 0 aliphatic rings. The second-order valence-electron chi connectivity index (χ2n) is 4.53. The van der Waals surface area contributed by atoms with Crippen LogP contribution in [0.15, 0.2) is 53.4 Å². The minimum absolute atomic E-state index is 0.135. The van der Waals surface area contributed by atoms with Crippen molar-refractivity contribution >= 4 is 15.7 Å². The van der Waals surface area contributed by atoms with Gasteiger partial charge in [0.1, 0.15) is 18.1 Å². The number of terminal acetylenes is 1. The molecule has 0 saturated heterocycles. The van der Waals surface area contributed by atoms with Crippen LogP contribution in [0, 0.1) is 12.3 Å². The first kappa shape index (κ1) is 16.7. The van der Waals surface area contributed by atoms with Crippen LogP contribution >= 0.6 is 0 Å². The van der Waals surface area contributed by atoms with Gasteiger partial charge in [0, 0.05) is 5.69 Å². The molecule has 0 spiro atoms. The van der Waals surface area contributed by atoms with E-state index < -0.39 is 10.0 Å². The fourth-order valence-electron chi connectivity index (χ4n) is 1.84. The van der Waals surface area contributed by atoms with Crippen molar-refractivity contribution in [1.82, 2.24) is 0 Å². The van der Waals surface area contributed by atoms with Crippen LogP contribution in [0.3, 0.4) is 0 Å². The maximum absolute atomic E-state index is 12.3. The minimum Gasteiger partial charge on any atom is -0.494 e. The molecule has 2 aromatic carbocycles. The predicted octanol–water partition coefficient (Wildman–Crippen LogP) is 2.90. The molecule has 6 heteroatoms. The second kappa shape index (κ2) is 7.56. The van der Waals surface area contributed by atoms with Crippen molar-refractivity contribution in [3.05, 3.63) is 48.5 Å². The highest BCUT2D eigenvalue weighted by molar-refractivity contribution is 7.92. The number of anilines is 1. The maximum atomic E-state index is 12.3. The zero-order chi connectivity index (χ0) is 16.7. The Morgan fingerprint density at radius 1 is 1.00 bits per heavy atom. The number of hydrogen-bond acceptors (Lipinski definition) is 4. The smallest absolute Gasteiger partial charge is 0.261 e. The molecule has 1 N–H and O–H groups in total. The van der Waals surface area contributed by atoms with E-state index >= 15 is 0 Å². The predicted molar refractivity (Wildman–Crippen MR) is 89.2 cm³/mol. The molecule has 0 aromatic heterocycles. The molecule has 0 saturated carbocycles. The van der Waals surface area contributed by atoms with E-state index in [0.717, 1.165) is 0 Å². The van der Waals surface area contributed by atoms with Crippen molar-refractivity contribution in [3.63, 3.8) is 0 Å². The quantitative estimate of drug-likeness (QED) is 0.792. The highest BCUT2D eigenvalue weighted by atomic mass is 32.2. The Hall–Kier alpha value is -2.65. The third-order valence-electron chi connectivity index (χ3n) is 2.87. The average molecular weight is 331 g/mol. The van der Waals surface area contributed by atoms with Crippen molar-refractivity contribution in [2.75, 3.05) is 17.9 Å². The highest BCUT2D eigenvalue weighted by Gasteiger charge is 2.14. The SMILES string of the molecule is C#CCOc1ccc(S(=O)(=O)Nc2ccc(OCC)cc2)cc1. The summed E-state index contributed by atoms with van der Waals surface area (Å²) in [5, 5.41) is 0. The lowest BCUT2D eigenvalue weighted by Crippen LogP contribution is -2.12. The summed E-state index contributed by atoms with van der Waals surface area (Å²) < 4.78 is 37.7. The molecule has 120 valence electrons. The monoisotopic (exact) mass is 331 g/mol. The van der Waals surface area contributed by atoms with E-state index in [9.17, 15) is 8.42 Å². The summed E-state index contributed by atoms with van der Waals surface area (Å²) in [7, 11) is -3.66. The van der Waals surface area contributed by atoms with E-state index in [-0.39, 0.29) is 11.5 Å². The van der Waals surface area contributed by atoms with E-state index in [2.05, 4.69) is 10.6 Å². The van der Waals surface area contributed by atoms with Gasteiger partial charge in [-0.25, -0.2) is 8.42 Å². The van der Waals surface area contributed by atoms with E-state index in [1.165, 1.54) is 12.1 Å². The molecule has 0 amide bonds. The van der Waals surface area contributed by atoms with Crippen molar-refractivity contribution in [3.8, 4) is 23.8 Å². The normalized spacial score (nSPS) is 10.6. The Kier molecular flexibility index (Phi) is 5.50.